The molecule has 1 unspecified atom stereocenters. The van der Waals surface area contributed by atoms with Gasteiger partial charge in [0.2, 0.25) is 10.0 Å². The van der Waals surface area contributed by atoms with E-state index in [-0.39, 0.29) is 10.3 Å². The molecule has 21 heavy (non-hydrogen) atoms. The number of benzene rings is 1. The average Bonchev–Trinajstić information content (AvgIpc) is 3.05. The van der Waals surface area contributed by atoms with Crippen molar-refractivity contribution < 1.29 is 13.2 Å². The molecule has 0 heterocycles. The second kappa shape index (κ2) is 5.94. The zero-order valence-corrected chi connectivity index (χ0v) is 13.9. The Hall–Kier alpha value is -1.11. The van der Waals surface area contributed by atoms with Gasteiger partial charge in [0.15, 0.2) is 0 Å². The number of nitrogens with one attached hydrogen (secondary N) is 2. The molecule has 0 bridgehead atoms. The molecule has 1 atom stereocenters. The van der Waals surface area contributed by atoms with Crippen LogP contribution >= 0.6 is 0 Å². The average molecular weight is 312 g/mol. The molecule has 1 aromatic carbocycles. The van der Waals surface area contributed by atoms with Crippen LogP contribution < -0.4 is 14.8 Å². The lowest BCUT2D eigenvalue weighted by atomic mass is 10.1. The van der Waals surface area contributed by atoms with Gasteiger partial charge in [-0.1, -0.05) is 19.9 Å². The van der Waals surface area contributed by atoms with Gasteiger partial charge in [-0.05, 0) is 42.5 Å². The summed E-state index contributed by atoms with van der Waals surface area (Å²) in [4.78, 5) is 0.205. The molecule has 0 aliphatic heterocycles. The molecule has 0 amide bonds. The van der Waals surface area contributed by atoms with Gasteiger partial charge < -0.3 is 10.1 Å². The van der Waals surface area contributed by atoms with Gasteiger partial charge in [0.05, 0.1) is 7.11 Å². The van der Waals surface area contributed by atoms with Gasteiger partial charge in [0.1, 0.15) is 10.6 Å². The molecule has 2 N–H and O–H groups in total. The molecule has 0 aromatic heterocycles. The van der Waals surface area contributed by atoms with E-state index in [1.807, 2.05) is 13.1 Å². The molecule has 1 saturated carbocycles. The van der Waals surface area contributed by atoms with Crippen molar-refractivity contribution in [2.75, 3.05) is 20.7 Å². The highest BCUT2D eigenvalue weighted by molar-refractivity contribution is 7.89. The molecule has 0 spiro atoms. The van der Waals surface area contributed by atoms with Gasteiger partial charge in [-0.3, -0.25) is 0 Å². The van der Waals surface area contributed by atoms with E-state index >= 15 is 0 Å². The molecule has 5 nitrogen and oxygen atoms in total. The Labute approximate surface area is 127 Å². The highest BCUT2D eigenvalue weighted by atomic mass is 32.2. The molecule has 1 aliphatic carbocycles. The fourth-order valence-electron chi connectivity index (χ4n) is 2.46. The monoisotopic (exact) mass is 312 g/mol. The minimum Gasteiger partial charge on any atom is -0.495 e. The van der Waals surface area contributed by atoms with Crippen LogP contribution in [0.15, 0.2) is 23.1 Å². The third-order valence-corrected chi connectivity index (χ3v) is 5.58. The van der Waals surface area contributed by atoms with Crippen LogP contribution in [0.5, 0.6) is 5.75 Å². The molecular weight excluding hydrogens is 288 g/mol. The summed E-state index contributed by atoms with van der Waals surface area (Å²) in [6.45, 7) is 5.40. The van der Waals surface area contributed by atoms with Crippen molar-refractivity contribution >= 4 is 10.0 Å². The van der Waals surface area contributed by atoms with E-state index in [1.165, 1.54) is 7.11 Å². The standard InChI is InChI=1S/C15H24N2O3S/c1-15(2)8-12(15)10-17-21(18,19)14-7-11(9-16-3)5-6-13(14)20-4/h5-7,12,16-17H,8-10H2,1-4H3. The van der Waals surface area contributed by atoms with E-state index < -0.39 is 10.0 Å². The number of rotatable bonds is 7. The first kappa shape index (κ1) is 16.3. The zero-order chi connectivity index (χ0) is 15.7. The normalized spacial score (nSPS) is 20.3. The number of methoxy groups -OCH3 is 1. The third kappa shape index (κ3) is 3.75. The second-order valence-corrected chi connectivity index (χ2v) is 7.99. The Balaban J connectivity index is 2.19. The Bertz CT molecular complexity index is 611. The van der Waals surface area contributed by atoms with Crippen LogP contribution in [0, 0.1) is 11.3 Å². The smallest absolute Gasteiger partial charge is 0.244 e. The molecular formula is C15H24N2O3S. The van der Waals surface area contributed by atoms with Crippen LogP contribution in [0.1, 0.15) is 25.8 Å². The first-order chi connectivity index (χ1) is 9.80. The lowest BCUT2D eigenvalue weighted by molar-refractivity contribution is 0.402. The maximum atomic E-state index is 12.5. The highest BCUT2D eigenvalue weighted by Gasteiger charge is 2.45. The number of sulfonamides is 1. The fraction of sp³-hybridized carbons (Fsp3) is 0.600. The summed E-state index contributed by atoms with van der Waals surface area (Å²) in [6.07, 6.45) is 1.06. The number of ether oxygens (including phenoxy) is 1. The van der Waals surface area contributed by atoms with Gasteiger partial charge in [-0.15, -0.1) is 0 Å². The maximum absolute atomic E-state index is 12.5. The quantitative estimate of drug-likeness (QED) is 0.805. The first-order valence-corrected chi connectivity index (χ1v) is 8.59. The third-order valence-electron chi connectivity index (χ3n) is 4.14. The summed E-state index contributed by atoms with van der Waals surface area (Å²) in [5.74, 6) is 0.788. The molecule has 1 aliphatic rings. The highest BCUT2D eigenvalue weighted by Crippen LogP contribution is 2.51. The van der Waals surface area contributed by atoms with Gasteiger partial charge in [-0.25, -0.2) is 13.1 Å². The van der Waals surface area contributed by atoms with Crippen molar-refractivity contribution in [1.82, 2.24) is 10.0 Å². The summed E-state index contributed by atoms with van der Waals surface area (Å²) in [5, 5.41) is 3.02. The van der Waals surface area contributed by atoms with Gasteiger partial charge in [0, 0.05) is 13.1 Å². The maximum Gasteiger partial charge on any atom is 0.244 e. The molecule has 118 valence electrons. The van der Waals surface area contributed by atoms with Crippen LogP contribution in [0.4, 0.5) is 0 Å². The van der Waals surface area contributed by atoms with Gasteiger partial charge in [-0.2, -0.15) is 0 Å². The van der Waals surface area contributed by atoms with E-state index in [1.54, 1.807) is 12.1 Å². The molecule has 0 saturated heterocycles. The van der Waals surface area contributed by atoms with Crippen molar-refractivity contribution in [3.05, 3.63) is 23.8 Å². The number of hydrogen-bond donors (Lipinski definition) is 2. The Morgan fingerprint density at radius 3 is 2.57 bits per heavy atom. The van der Waals surface area contributed by atoms with Crippen LogP contribution in [0.2, 0.25) is 0 Å². The predicted octanol–water partition coefficient (Wildman–Crippen LogP) is 1.74. The minimum atomic E-state index is -3.55. The van der Waals surface area contributed by atoms with E-state index in [9.17, 15) is 8.42 Å². The van der Waals surface area contributed by atoms with E-state index in [2.05, 4.69) is 23.9 Å². The van der Waals surface area contributed by atoms with Crippen LogP contribution in [0.25, 0.3) is 0 Å². The van der Waals surface area contributed by atoms with Crippen molar-refractivity contribution in [2.45, 2.75) is 31.7 Å². The zero-order valence-electron chi connectivity index (χ0n) is 13.1. The molecule has 6 heteroatoms. The number of hydrogen-bond acceptors (Lipinski definition) is 4. The van der Waals surface area contributed by atoms with E-state index in [0.29, 0.717) is 24.8 Å². The predicted molar refractivity (Wildman–Crippen MR) is 82.8 cm³/mol. The molecule has 1 aromatic rings. The van der Waals surface area contributed by atoms with Crippen molar-refractivity contribution in [2.24, 2.45) is 11.3 Å². The molecule has 2 rings (SSSR count). The Morgan fingerprint density at radius 1 is 1.38 bits per heavy atom. The van der Waals surface area contributed by atoms with Crippen LogP contribution in [-0.4, -0.2) is 29.1 Å². The summed E-state index contributed by atoms with van der Waals surface area (Å²) in [7, 11) is -0.244. The van der Waals surface area contributed by atoms with Crippen LogP contribution in [-0.2, 0) is 16.6 Å². The van der Waals surface area contributed by atoms with Gasteiger partial charge in [0.25, 0.3) is 0 Å². The fourth-order valence-corrected chi connectivity index (χ4v) is 3.76. The van der Waals surface area contributed by atoms with Crippen molar-refractivity contribution in [3.63, 3.8) is 0 Å². The largest absolute Gasteiger partial charge is 0.495 e. The topological polar surface area (TPSA) is 67.4 Å². The van der Waals surface area contributed by atoms with Crippen molar-refractivity contribution in [3.8, 4) is 5.75 Å². The van der Waals surface area contributed by atoms with E-state index in [4.69, 9.17) is 4.74 Å². The summed E-state index contributed by atoms with van der Waals surface area (Å²) in [5.41, 5.74) is 1.16. The molecule has 1 fully saturated rings. The van der Waals surface area contributed by atoms with Crippen molar-refractivity contribution in [1.29, 1.82) is 0 Å². The van der Waals surface area contributed by atoms with E-state index in [0.717, 1.165) is 12.0 Å². The van der Waals surface area contributed by atoms with Gasteiger partial charge >= 0.3 is 0 Å². The summed E-state index contributed by atoms with van der Waals surface area (Å²) < 4.78 is 32.9. The molecule has 0 radical (unpaired) electrons. The first-order valence-electron chi connectivity index (χ1n) is 7.11. The minimum absolute atomic E-state index is 0.205. The lowest BCUT2D eigenvalue weighted by Gasteiger charge is -2.13. The van der Waals surface area contributed by atoms with Crippen LogP contribution in [0.3, 0.4) is 0 Å². The summed E-state index contributed by atoms with van der Waals surface area (Å²) >= 11 is 0. The lowest BCUT2D eigenvalue weighted by Crippen LogP contribution is -2.27. The summed E-state index contributed by atoms with van der Waals surface area (Å²) in [6, 6.07) is 5.22. The Kier molecular flexibility index (Phi) is 4.60. The second-order valence-electron chi connectivity index (χ2n) is 6.26. The SMILES string of the molecule is CNCc1ccc(OC)c(S(=O)(=O)NCC2CC2(C)C)c1. The Morgan fingerprint density at radius 2 is 2.05 bits per heavy atom.